The molecule has 0 saturated heterocycles. The van der Waals surface area contributed by atoms with Crippen molar-refractivity contribution in [1.29, 1.82) is 0 Å². The van der Waals surface area contributed by atoms with E-state index in [0.717, 1.165) is 11.6 Å². The Kier molecular flexibility index (Phi) is 6.42. The highest BCUT2D eigenvalue weighted by Crippen LogP contribution is 2.48. The van der Waals surface area contributed by atoms with Gasteiger partial charge in [0, 0.05) is 18.3 Å². The lowest BCUT2D eigenvalue weighted by atomic mass is 9.75. The molecule has 1 heterocycles. The van der Waals surface area contributed by atoms with Crippen LogP contribution in [-0.2, 0) is 16.8 Å². The van der Waals surface area contributed by atoms with Crippen LogP contribution in [0.3, 0.4) is 0 Å². The molecule has 1 atom stereocenters. The van der Waals surface area contributed by atoms with Crippen LogP contribution in [0.15, 0.2) is 72.8 Å². The van der Waals surface area contributed by atoms with Gasteiger partial charge >= 0.3 is 5.97 Å². The van der Waals surface area contributed by atoms with Gasteiger partial charge in [-0.05, 0) is 70.5 Å². The Labute approximate surface area is 197 Å². The van der Waals surface area contributed by atoms with Crippen LogP contribution in [0.1, 0.15) is 47.6 Å². The van der Waals surface area contributed by atoms with Crippen molar-refractivity contribution in [2.24, 2.45) is 0 Å². The third kappa shape index (κ3) is 4.16. The summed E-state index contributed by atoms with van der Waals surface area (Å²) in [7, 11) is 0. The van der Waals surface area contributed by atoms with Crippen LogP contribution in [0.25, 0.3) is 6.08 Å². The number of carbonyl (C=O) groups is 1. The van der Waals surface area contributed by atoms with E-state index in [2.05, 4.69) is 13.8 Å². The Balaban J connectivity index is 1.91. The van der Waals surface area contributed by atoms with E-state index in [9.17, 15) is 9.90 Å². The predicted molar refractivity (Wildman–Crippen MR) is 130 cm³/mol. The molecule has 4 rings (SSSR count). The normalized spacial score (nSPS) is 18.0. The second kappa shape index (κ2) is 9.29. The maximum absolute atomic E-state index is 15.3. The lowest BCUT2D eigenvalue weighted by Crippen LogP contribution is -2.56. The highest BCUT2D eigenvalue weighted by molar-refractivity contribution is 5.85. The van der Waals surface area contributed by atoms with Crippen molar-refractivity contribution in [3.05, 3.63) is 101 Å². The van der Waals surface area contributed by atoms with Crippen LogP contribution in [0.5, 0.6) is 5.75 Å². The van der Waals surface area contributed by atoms with E-state index in [0.29, 0.717) is 46.8 Å². The molecule has 0 aliphatic carbocycles. The van der Waals surface area contributed by atoms with Crippen LogP contribution in [-0.4, -0.2) is 29.2 Å². The zero-order valence-corrected chi connectivity index (χ0v) is 19.1. The minimum absolute atomic E-state index is 0.0470. The number of rotatable bonds is 6. The lowest BCUT2D eigenvalue weighted by molar-refractivity contribution is -0.131. The van der Waals surface area contributed by atoms with Crippen molar-refractivity contribution in [2.45, 2.75) is 38.2 Å². The number of benzene rings is 3. The van der Waals surface area contributed by atoms with E-state index in [1.807, 2.05) is 24.3 Å². The molecule has 3 aromatic rings. The van der Waals surface area contributed by atoms with Gasteiger partial charge in [-0.15, -0.1) is 0 Å². The molecule has 1 aliphatic rings. The fourth-order valence-electron chi connectivity index (χ4n) is 4.77. The number of aromatic hydroxyl groups is 1. The van der Waals surface area contributed by atoms with E-state index in [1.54, 1.807) is 41.3 Å². The van der Waals surface area contributed by atoms with Gasteiger partial charge in [-0.2, -0.15) is 0 Å². The fraction of sp³-hybridized carbons (Fsp3) is 0.250. The number of halogens is 2. The number of carboxylic acids is 1. The Morgan fingerprint density at radius 2 is 1.71 bits per heavy atom. The smallest absolute Gasteiger partial charge is 0.328 e. The van der Waals surface area contributed by atoms with Gasteiger partial charge < -0.3 is 15.1 Å². The molecule has 3 aromatic carbocycles. The first-order valence-corrected chi connectivity index (χ1v) is 11.2. The molecule has 34 heavy (non-hydrogen) atoms. The maximum Gasteiger partial charge on any atom is 0.328 e. The Morgan fingerprint density at radius 3 is 2.29 bits per heavy atom. The van der Waals surface area contributed by atoms with Gasteiger partial charge in [0.25, 0.3) is 6.43 Å². The third-order valence-corrected chi connectivity index (χ3v) is 6.49. The number of alkyl halides is 2. The van der Waals surface area contributed by atoms with Crippen molar-refractivity contribution in [1.82, 2.24) is 0 Å². The molecule has 0 amide bonds. The molecule has 0 bridgehead atoms. The summed E-state index contributed by atoms with van der Waals surface area (Å²) in [5, 5.41) is 18.9. The van der Waals surface area contributed by atoms with Crippen molar-refractivity contribution in [3.63, 3.8) is 0 Å². The van der Waals surface area contributed by atoms with Crippen LogP contribution in [0, 0.1) is 0 Å². The summed E-state index contributed by atoms with van der Waals surface area (Å²) in [6, 6.07) is 18.9. The highest BCUT2D eigenvalue weighted by Gasteiger charge is 2.51. The maximum atomic E-state index is 15.3. The first kappa shape index (κ1) is 23.5. The number of nitrogens with zero attached hydrogens (tertiary/aromatic N) is 1. The van der Waals surface area contributed by atoms with Crippen LogP contribution < -0.4 is 4.90 Å². The molecule has 4 nitrogen and oxygen atoms in total. The fourth-order valence-corrected chi connectivity index (χ4v) is 4.77. The largest absolute Gasteiger partial charge is 0.508 e. The van der Waals surface area contributed by atoms with E-state index in [4.69, 9.17) is 5.11 Å². The van der Waals surface area contributed by atoms with Gasteiger partial charge in [0.05, 0.1) is 0 Å². The standard InChI is InChI=1S/C28H27F2NO3/c1-18(2)20-6-10-23(11-7-20)31-16-15-21-17-24(32)12-13-25(21)28(31,27(29)30)22-8-3-19(4-9-22)5-14-26(33)34/h3-14,17-18,27,32H,15-16H2,1-2H3,(H,33,34)/b14-5+. The Bertz CT molecular complexity index is 1200. The van der Waals surface area contributed by atoms with E-state index in [-0.39, 0.29) is 5.75 Å². The summed E-state index contributed by atoms with van der Waals surface area (Å²) in [6.45, 7) is 4.52. The average Bonchev–Trinajstić information content (AvgIpc) is 2.82. The van der Waals surface area contributed by atoms with Gasteiger partial charge in [-0.25, -0.2) is 13.6 Å². The first-order valence-electron chi connectivity index (χ1n) is 11.2. The van der Waals surface area contributed by atoms with Gasteiger partial charge in [0.2, 0.25) is 0 Å². The van der Waals surface area contributed by atoms with Crippen molar-refractivity contribution < 1.29 is 23.8 Å². The highest BCUT2D eigenvalue weighted by atomic mass is 19.3. The van der Waals surface area contributed by atoms with Crippen molar-refractivity contribution >= 4 is 17.7 Å². The summed E-state index contributed by atoms with van der Waals surface area (Å²) in [6.07, 6.45) is 0.181. The Morgan fingerprint density at radius 1 is 1.03 bits per heavy atom. The molecular weight excluding hydrogens is 436 g/mol. The number of fused-ring (bicyclic) bond motifs is 1. The lowest BCUT2D eigenvalue weighted by Gasteiger charge is -2.49. The molecule has 0 radical (unpaired) electrons. The Hall–Kier alpha value is -3.67. The quantitative estimate of drug-likeness (QED) is 0.428. The molecule has 0 spiro atoms. The molecule has 0 aromatic heterocycles. The summed E-state index contributed by atoms with van der Waals surface area (Å²) in [5.74, 6) is -0.707. The molecule has 6 heteroatoms. The molecule has 1 aliphatic heterocycles. The number of aliphatic carboxylic acids is 1. The molecular formula is C28H27F2NO3. The average molecular weight is 464 g/mol. The monoisotopic (exact) mass is 463 g/mol. The summed E-state index contributed by atoms with van der Waals surface area (Å²) in [5.41, 5.74) is 2.19. The number of phenolic OH excluding ortho intramolecular Hbond substituents is 1. The van der Waals surface area contributed by atoms with Crippen LogP contribution >= 0.6 is 0 Å². The topological polar surface area (TPSA) is 60.8 Å². The molecule has 0 fully saturated rings. The van der Waals surface area contributed by atoms with Crippen molar-refractivity contribution in [2.75, 3.05) is 11.4 Å². The number of phenols is 1. The number of carboxylic acid groups (broad SMARTS) is 1. The van der Waals surface area contributed by atoms with E-state index in [1.165, 1.54) is 12.1 Å². The predicted octanol–water partition coefficient (Wildman–Crippen LogP) is 6.18. The van der Waals surface area contributed by atoms with Crippen LogP contribution in [0.2, 0.25) is 0 Å². The summed E-state index contributed by atoms with van der Waals surface area (Å²) in [4.78, 5) is 12.6. The number of hydrogen-bond donors (Lipinski definition) is 2. The van der Waals surface area contributed by atoms with Gasteiger partial charge in [-0.3, -0.25) is 0 Å². The number of hydrogen-bond acceptors (Lipinski definition) is 3. The molecule has 1 unspecified atom stereocenters. The third-order valence-electron chi connectivity index (χ3n) is 6.49. The zero-order chi connectivity index (χ0) is 24.5. The molecule has 176 valence electrons. The second-order valence-corrected chi connectivity index (χ2v) is 8.85. The first-order chi connectivity index (χ1) is 16.2. The van der Waals surface area contributed by atoms with Gasteiger partial charge in [-0.1, -0.05) is 56.3 Å². The SMILES string of the molecule is CC(C)c1ccc(N2CCc3cc(O)ccc3C2(c2ccc(/C=C/C(=O)O)cc2)C(F)F)cc1. The summed E-state index contributed by atoms with van der Waals surface area (Å²) < 4.78 is 30.7. The minimum Gasteiger partial charge on any atom is -0.508 e. The minimum atomic E-state index is -2.78. The molecule has 0 saturated carbocycles. The summed E-state index contributed by atoms with van der Waals surface area (Å²) >= 11 is 0. The van der Waals surface area contributed by atoms with Crippen LogP contribution in [0.4, 0.5) is 14.5 Å². The van der Waals surface area contributed by atoms with Gasteiger partial charge in [0.15, 0.2) is 5.54 Å². The van der Waals surface area contributed by atoms with Gasteiger partial charge in [0.1, 0.15) is 5.75 Å². The second-order valence-electron chi connectivity index (χ2n) is 8.85. The van der Waals surface area contributed by atoms with Crippen molar-refractivity contribution in [3.8, 4) is 5.75 Å². The number of anilines is 1. The van der Waals surface area contributed by atoms with E-state index < -0.39 is 17.9 Å². The van der Waals surface area contributed by atoms with E-state index >= 15 is 8.78 Å². The molecule has 2 N–H and O–H groups in total. The zero-order valence-electron chi connectivity index (χ0n) is 19.1.